The predicted molar refractivity (Wildman–Crippen MR) is 116 cm³/mol. The molecule has 0 aliphatic rings. The molecule has 152 valence electrons. The molecule has 0 saturated heterocycles. The minimum Gasteiger partial charge on any atom is -0.441 e. The summed E-state index contributed by atoms with van der Waals surface area (Å²) in [5.74, 6) is 1.51. The average molecular weight is 401 g/mol. The van der Waals surface area contributed by atoms with Crippen LogP contribution in [0.1, 0.15) is 36.8 Å². The summed E-state index contributed by atoms with van der Waals surface area (Å²) in [6.07, 6.45) is 3.22. The normalized spacial score (nSPS) is 11.2. The molecule has 2 aromatic heterocycles. The van der Waals surface area contributed by atoms with Gasteiger partial charge in [0.1, 0.15) is 11.5 Å². The van der Waals surface area contributed by atoms with Crippen molar-refractivity contribution in [2.75, 3.05) is 0 Å². The van der Waals surface area contributed by atoms with Crippen molar-refractivity contribution in [2.24, 2.45) is 0 Å². The first-order valence-electron chi connectivity index (χ1n) is 9.88. The maximum atomic E-state index is 12.7. The Balaban J connectivity index is 1.64. The maximum Gasteiger partial charge on any atom is 0.320 e. The summed E-state index contributed by atoms with van der Waals surface area (Å²) in [5, 5.41) is 0. The van der Waals surface area contributed by atoms with Crippen molar-refractivity contribution < 1.29 is 4.42 Å². The summed E-state index contributed by atoms with van der Waals surface area (Å²) in [7, 11) is 0. The molecule has 0 N–H and O–H groups in total. The monoisotopic (exact) mass is 401 g/mol. The highest BCUT2D eigenvalue weighted by Crippen LogP contribution is 2.21. The molecule has 6 heteroatoms. The molecule has 0 fully saturated rings. The molecule has 0 amide bonds. The van der Waals surface area contributed by atoms with Crippen LogP contribution in [0.4, 0.5) is 0 Å². The minimum absolute atomic E-state index is 0.170. The Bertz CT molecular complexity index is 1280. The number of hydrogen-bond donors (Lipinski definition) is 0. The van der Waals surface area contributed by atoms with E-state index in [0.29, 0.717) is 29.0 Å². The van der Waals surface area contributed by atoms with E-state index in [-0.39, 0.29) is 6.54 Å². The number of oxazole rings is 1. The van der Waals surface area contributed by atoms with Gasteiger partial charge in [-0.2, -0.15) is 0 Å². The second-order valence-electron chi connectivity index (χ2n) is 7.54. The highest BCUT2D eigenvalue weighted by Gasteiger charge is 2.14. The maximum absolute atomic E-state index is 12.7. The van der Waals surface area contributed by atoms with E-state index in [4.69, 9.17) is 4.42 Å². The first-order valence-corrected chi connectivity index (χ1v) is 9.88. The minimum atomic E-state index is -0.603. The van der Waals surface area contributed by atoms with E-state index in [2.05, 4.69) is 18.8 Å². The molecule has 4 aromatic rings. The smallest absolute Gasteiger partial charge is 0.320 e. The molecule has 4 rings (SSSR count). The van der Waals surface area contributed by atoms with Crippen molar-refractivity contribution in [2.45, 2.75) is 33.2 Å². The fourth-order valence-electron chi connectivity index (χ4n) is 3.30. The van der Waals surface area contributed by atoms with Crippen LogP contribution >= 0.6 is 0 Å². The molecule has 6 nitrogen and oxygen atoms in total. The van der Waals surface area contributed by atoms with Gasteiger partial charge in [-0.25, -0.2) is 4.98 Å². The molecule has 2 aromatic carbocycles. The first-order chi connectivity index (χ1) is 14.4. The molecule has 0 spiro atoms. The Labute approximate surface area is 174 Å². The lowest BCUT2D eigenvalue weighted by Crippen LogP contribution is -2.40. The molecule has 0 radical (unpaired) electrons. The SMILES string of the molecule is Cc1oc(-c2ccccc2)nc1Cn1ccn(-c2ccc(C(C)C)cc2)c(=O)c1=O. The molecule has 30 heavy (non-hydrogen) atoms. The molecule has 0 aliphatic carbocycles. The van der Waals surface area contributed by atoms with Gasteiger partial charge in [-0.15, -0.1) is 0 Å². The van der Waals surface area contributed by atoms with Crippen LogP contribution in [-0.4, -0.2) is 14.1 Å². The van der Waals surface area contributed by atoms with Gasteiger partial charge >= 0.3 is 11.1 Å². The molecule has 2 heterocycles. The van der Waals surface area contributed by atoms with Crippen LogP contribution in [0, 0.1) is 6.92 Å². The van der Waals surface area contributed by atoms with Gasteiger partial charge in [0.15, 0.2) is 0 Å². The van der Waals surface area contributed by atoms with E-state index in [1.54, 1.807) is 19.3 Å². The van der Waals surface area contributed by atoms with Crippen molar-refractivity contribution >= 4 is 0 Å². The van der Waals surface area contributed by atoms with Crippen LogP contribution in [-0.2, 0) is 6.54 Å². The van der Waals surface area contributed by atoms with Gasteiger partial charge in [-0.3, -0.25) is 14.2 Å². The third-order valence-electron chi connectivity index (χ3n) is 5.13. The lowest BCUT2D eigenvalue weighted by Gasteiger charge is -2.10. The van der Waals surface area contributed by atoms with E-state index in [1.165, 1.54) is 14.7 Å². The molecule has 0 bridgehead atoms. The van der Waals surface area contributed by atoms with Gasteiger partial charge in [0, 0.05) is 23.6 Å². The van der Waals surface area contributed by atoms with Crippen LogP contribution in [0.5, 0.6) is 0 Å². The third-order valence-corrected chi connectivity index (χ3v) is 5.13. The lowest BCUT2D eigenvalue weighted by atomic mass is 10.0. The zero-order valence-electron chi connectivity index (χ0n) is 17.2. The molecule has 0 aliphatic heterocycles. The number of benzene rings is 2. The van der Waals surface area contributed by atoms with Crippen LogP contribution in [0.3, 0.4) is 0 Å². The Kier molecular flexibility index (Phi) is 5.23. The van der Waals surface area contributed by atoms with Gasteiger partial charge in [0.25, 0.3) is 0 Å². The second-order valence-corrected chi connectivity index (χ2v) is 7.54. The number of aromatic nitrogens is 3. The van der Waals surface area contributed by atoms with Gasteiger partial charge in [-0.1, -0.05) is 44.2 Å². The first kappa shape index (κ1) is 19.6. The van der Waals surface area contributed by atoms with Crippen molar-refractivity contribution in [3.8, 4) is 17.1 Å². The van der Waals surface area contributed by atoms with Crippen molar-refractivity contribution in [1.82, 2.24) is 14.1 Å². The zero-order chi connectivity index (χ0) is 21.3. The van der Waals surface area contributed by atoms with Crippen LogP contribution in [0.15, 0.2) is 81.0 Å². The predicted octanol–water partition coefficient (Wildman–Crippen LogP) is 4.13. The number of aryl methyl sites for hydroxylation is 1. The van der Waals surface area contributed by atoms with E-state index >= 15 is 0 Å². The molecular formula is C24H23N3O3. The Morgan fingerprint density at radius 1 is 0.933 bits per heavy atom. The van der Waals surface area contributed by atoms with Crippen LogP contribution in [0.2, 0.25) is 0 Å². The summed E-state index contributed by atoms with van der Waals surface area (Å²) in [5.41, 5.74) is 2.12. The van der Waals surface area contributed by atoms with Gasteiger partial charge in [-0.05, 0) is 42.7 Å². The molecule has 0 unspecified atom stereocenters. The fourth-order valence-corrected chi connectivity index (χ4v) is 3.30. The lowest BCUT2D eigenvalue weighted by molar-refractivity contribution is 0.537. The zero-order valence-corrected chi connectivity index (χ0v) is 17.2. The largest absolute Gasteiger partial charge is 0.441 e. The topological polar surface area (TPSA) is 70.0 Å². The van der Waals surface area contributed by atoms with E-state index in [1.807, 2.05) is 54.6 Å². The van der Waals surface area contributed by atoms with E-state index in [0.717, 1.165) is 5.56 Å². The highest BCUT2D eigenvalue weighted by molar-refractivity contribution is 5.53. The van der Waals surface area contributed by atoms with Crippen LogP contribution in [0.25, 0.3) is 17.1 Å². The fraction of sp³-hybridized carbons (Fsp3) is 0.208. The van der Waals surface area contributed by atoms with E-state index in [9.17, 15) is 9.59 Å². The Morgan fingerprint density at radius 2 is 1.63 bits per heavy atom. The van der Waals surface area contributed by atoms with Crippen LogP contribution < -0.4 is 11.1 Å². The van der Waals surface area contributed by atoms with Crippen molar-refractivity contribution in [3.05, 3.63) is 105 Å². The summed E-state index contributed by atoms with van der Waals surface area (Å²) in [6.45, 7) is 6.19. The summed E-state index contributed by atoms with van der Waals surface area (Å²) >= 11 is 0. The summed E-state index contributed by atoms with van der Waals surface area (Å²) < 4.78 is 8.49. The average Bonchev–Trinajstić information content (AvgIpc) is 3.12. The second kappa shape index (κ2) is 7.99. The number of nitrogens with zero attached hydrogens (tertiary/aromatic N) is 3. The number of rotatable bonds is 5. The summed E-state index contributed by atoms with van der Waals surface area (Å²) in [4.78, 5) is 29.9. The molecular weight excluding hydrogens is 378 g/mol. The standard InChI is InChI=1S/C24H23N3O3/c1-16(2)18-9-11-20(12-10-18)27-14-13-26(23(28)24(27)29)15-21-17(3)30-22(25-21)19-7-5-4-6-8-19/h4-14,16H,15H2,1-3H3. The number of hydrogen-bond acceptors (Lipinski definition) is 4. The van der Waals surface area contributed by atoms with Crippen molar-refractivity contribution in [3.63, 3.8) is 0 Å². The summed E-state index contributed by atoms with van der Waals surface area (Å²) in [6, 6.07) is 17.2. The highest BCUT2D eigenvalue weighted by atomic mass is 16.4. The van der Waals surface area contributed by atoms with Gasteiger partial charge < -0.3 is 8.98 Å². The van der Waals surface area contributed by atoms with Gasteiger partial charge in [0.2, 0.25) is 5.89 Å². The quantitative estimate of drug-likeness (QED) is 0.472. The Morgan fingerprint density at radius 3 is 2.30 bits per heavy atom. The van der Waals surface area contributed by atoms with Crippen molar-refractivity contribution in [1.29, 1.82) is 0 Å². The van der Waals surface area contributed by atoms with Gasteiger partial charge in [0.05, 0.1) is 6.54 Å². The van der Waals surface area contributed by atoms with E-state index < -0.39 is 11.1 Å². The Hall–Kier alpha value is -3.67. The molecule has 0 saturated carbocycles. The third kappa shape index (κ3) is 3.76. The molecule has 0 atom stereocenters.